The third-order valence-electron chi connectivity index (χ3n) is 2.32. The fraction of sp³-hybridized carbons (Fsp3) is 0.500. The van der Waals surface area contributed by atoms with E-state index >= 15 is 0 Å². The van der Waals surface area contributed by atoms with Crippen LogP contribution in [0.25, 0.3) is 0 Å². The first-order valence-electron chi connectivity index (χ1n) is 5.11. The predicted molar refractivity (Wildman–Crippen MR) is 62.7 cm³/mol. The molecule has 0 aliphatic heterocycles. The van der Waals surface area contributed by atoms with Gasteiger partial charge in [-0.3, -0.25) is 0 Å². The van der Waals surface area contributed by atoms with E-state index in [9.17, 15) is 0 Å². The van der Waals surface area contributed by atoms with Crippen molar-refractivity contribution in [3.05, 3.63) is 29.8 Å². The zero-order chi connectivity index (χ0) is 10.6. The van der Waals surface area contributed by atoms with Crippen LogP contribution in [0.5, 0.6) is 0 Å². The van der Waals surface area contributed by atoms with Gasteiger partial charge in [0.15, 0.2) is 0 Å². The number of nitrogens with two attached hydrogens (primary N) is 1. The predicted octanol–water partition coefficient (Wildman–Crippen LogP) is 2.03. The molecule has 0 radical (unpaired) electrons. The quantitative estimate of drug-likeness (QED) is 0.791. The molecule has 1 aromatic rings. The first-order chi connectivity index (χ1) is 6.59. The van der Waals surface area contributed by atoms with Gasteiger partial charge in [0.1, 0.15) is 0 Å². The molecule has 2 N–H and O–H groups in total. The van der Waals surface area contributed by atoms with E-state index in [1.807, 2.05) is 0 Å². The van der Waals surface area contributed by atoms with Crippen molar-refractivity contribution in [2.24, 2.45) is 5.73 Å². The molecule has 0 saturated carbocycles. The summed E-state index contributed by atoms with van der Waals surface area (Å²) in [6.45, 7) is 2.05. The molecule has 0 aromatic heterocycles. The zero-order valence-corrected chi connectivity index (χ0v) is 9.33. The molecule has 0 saturated heterocycles. The summed E-state index contributed by atoms with van der Waals surface area (Å²) in [4.78, 5) is 2.12. The van der Waals surface area contributed by atoms with Crippen molar-refractivity contribution in [2.75, 3.05) is 19.0 Å². The van der Waals surface area contributed by atoms with E-state index in [0.717, 1.165) is 12.8 Å². The standard InChI is InChI=1S/C12H20N2/c1-10(13)7-8-11-5-4-6-12(9-11)14(2)3/h4-6,9-10H,7-8,13H2,1-3H3. The lowest BCUT2D eigenvalue weighted by Crippen LogP contribution is -2.15. The van der Waals surface area contributed by atoms with E-state index in [4.69, 9.17) is 5.73 Å². The van der Waals surface area contributed by atoms with Crippen LogP contribution in [0.4, 0.5) is 5.69 Å². The number of anilines is 1. The van der Waals surface area contributed by atoms with Crippen LogP contribution in [0.1, 0.15) is 18.9 Å². The molecule has 0 amide bonds. The lowest BCUT2D eigenvalue weighted by atomic mass is 10.1. The van der Waals surface area contributed by atoms with Gasteiger partial charge in [-0.25, -0.2) is 0 Å². The number of rotatable bonds is 4. The minimum atomic E-state index is 0.290. The number of hydrogen-bond donors (Lipinski definition) is 1. The molecule has 0 bridgehead atoms. The molecule has 1 unspecified atom stereocenters. The molecule has 2 nitrogen and oxygen atoms in total. The molecule has 14 heavy (non-hydrogen) atoms. The van der Waals surface area contributed by atoms with Crippen molar-refractivity contribution < 1.29 is 0 Å². The Labute approximate surface area is 86.7 Å². The summed E-state index contributed by atoms with van der Waals surface area (Å²) < 4.78 is 0. The molecule has 0 spiro atoms. The highest BCUT2D eigenvalue weighted by atomic mass is 15.1. The molecule has 0 aliphatic rings. The van der Waals surface area contributed by atoms with Crippen molar-refractivity contribution in [1.82, 2.24) is 0 Å². The molecule has 1 rings (SSSR count). The summed E-state index contributed by atoms with van der Waals surface area (Å²) in [5.74, 6) is 0. The van der Waals surface area contributed by atoms with Crippen LogP contribution < -0.4 is 10.6 Å². The molecule has 0 heterocycles. The second kappa shape index (κ2) is 5.01. The lowest BCUT2D eigenvalue weighted by molar-refractivity contribution is 0.666. The summed E-state index contributed by atoms with van der Waals surface area (Å²) in [5, 5.41) is 0. The van der Waals surface area contributed by atoms with Crippen LogP contribution >= 0.6 is 0 Å². The SMILES string of the molecule is CC(N)CCc1cccc(N(C)C)c1. The Morgan fingerprint density at radius 2 is 2.07 bits per heavy atom. The van der Waals surface area contributed by atoms with Gasteiger partial charge in [0.05, 0.1) is 0 Å². The minimum Gasteiger partial charge on any atom is -0.378 e. The van der Waals surface area contributed by atoms with Crippen LogP contribution in [0.3, 0.4) is 0 Å². The Morgan fingerprint density at radius 1 is 1.36 bits per heavy atom. The lowest BCUT2D eigenvalue weighted by Gasteiger charge is -2.13. The van der Waals surface area contributed by atoms with Crippen molar-refractivity contribution in [3.63, 3.8) is 0 Å². The maximum Gasteiger partial charge on any atom is 0.0363 e. The normalized spacial score (nSPS) is 12.6. The minimum absolute atomic E-state index is 0.290. The number of benzene rings is 1. The van der Waals surface area contributed by atoms with Crippen molar-refractivity contribution in [3.8, 4) is 0 Å². The summed E-state index contributed by atoms with van der Waals surface area (Å²) in [5.41, 5.74) is 8.35. The van der Waals surface area contributed by atoms with Gasteiger partial charge in [0.2, 0.25) is 0 Å². The van der Waals surface area contributed by atoms with E-state index in [1.165, 1.54) is 11.3 Å². The molecule has 2 heteroatoms. The van der Waals surface area contributed by atoms with Crippen LogP contribution in [-0.2, 0) is 6.42 Å². The summed E-state index contributed by atoms with van der Waals surface area (Å²) >= 11 is 0. The Kier molecular flexibility index (Phi) is 3.96. The van der Waals surface area contributed by atoms with Crippen molar-refractivity contribution in [2.45, 2.75) is 25.8 Å². The van der Waals surface area contributed by atoms with E-state index in [2.05, 4.69) is 50.2 Å². The second-order valence-electron chi connectivity index (χ2n) is 4.08. The van der Waals surface area contributed by atoms with Crippen LogP contribution in [0, 0.1) is 0 Å². The Balaban J connectivity index is 2.64. The monoisotopic (exact) mass is 192 g/mol. The van der Waals surface area contributed by atoms with Gasteiger partial charge in [-0.2, -0.15) is 0 Å². The third-order valence-corrected chi connectivity index (χ3v) is 2.32. The molecular weight excluding hydrogens is 172 g/mol. The first kappa shape index (κ1) is 11.1. The third kappa shape index (κ3) is 3.38. The molecule has 78 valence electrons. The number of aryl methyl sites for hydroxylation is 1. The van der Waals surface area contributed by atoms with Gasteiger partial charge in [0, 0.05) is 25.8 Å². The topological polar surface area (TPSA) is 29.3 Å². The highest BCUT2D eigenvalue weighted by Gasteiger charge is 1.99. The molecule has 1 atom stereocenters. The molecule has 0 fully saturated rings. The first-order valence-corrected chi connectivity index (χ1v) is 5.11. The molecular formula is C12H20N2. The summed E-state index contributed by atoms with van der Waals surface area (Å²) in [6.07, 6.45) is 2.12. The zero-order valence-electron chi connectivity index (χ0n) is 9.33. The van der Waals surface area contributed by atoms with E-state index in [1.54, 1.807) is 0 Å². The Bertz CT molecular complexity index is 279. The van der Waals surface area contributed by atoms with Crippen molar-refractivity contribution >= 4 is 5.69 Å². The van der Waals surface area contributed by atoms with Crippen LogP contribution in [0.2, 0.25) is 0 Å². The van der Waals surface area contributed by atoms with Crippen LogP contribution in [0.15, 0.2) is 24.3 Å². The van der Waals surface area contributed by atoms with Gasteiger partial charge < -0.3 is 10.6 Å². The van der Waals surface area contributed by atoms with E-state index in [0.29, 0.717) is 0 Å². The fourth-order valence-electron chi connectivity index (χ4n) is 1.38. The maximum absolute atomic E-state index is 5.73. The van der Waals surface area contributed by atoms with Gasteiger partial charge >= 0.3 is 0 Å². The van der Waals surface area contributed by atoms with Gasteiger partial charge in [0.25, 0.3) is 0 Å². The summed E-state index contributed by atoms with van der Waals surface area (Å²) in [7, 11) is 4.12. The highest BCUT2D eigenvalue weighted by Crippen LogP contribution is 2.14. The Hall–Kier alpha value is -1.02. The fourth-order valence-corrected chi connectivity index (χ4v) is 1.38. The number of nitrogens with zero attached hydrogens (tertiary/aromatic N) is 1. The Morgan fingerprint density at radius 3 is 2.64 bits per heavy atom. The van der Waals surface area contributed by atoms with Gasteiger partial charge in [-0.1, -0.05) is 12.1 Å². The largest absolute Gasteiger partial charge is 0.378 e. The van der Waals surface area contributed by atoms with Gasteiger partial charge in [-0.05, 0) is 37.5 Å². The molecule has 0 aliphatic carbocycles. The van der Waals surface area contributed by atoms with E-state index < -0.39 is 0 Å². The average Bonchev–Trinajstić information content (AvgIpc) is 2.15. The van der Waals surface area contributed by atoms with Crippen LogP contribution in [-0.4, -0.2) is 20.1 Å². The van der Waals surface area contributed by atoms with Gasteiger partial charge in [-0.15, -0.1) is 0 Å². The number of hydrogen-bond acceptors (Lipinski definition) is 2. The average molecular weight is 192 g/mol. The molecule has 1 aromatic carbocycles. The maximum atomic E-state index is 5.73. The smallest absolute Gasteiger partial charge is 0.0363 e. The van der Waals surface area contributed by atoms with E-state index in [-0.39, 0.29) is 6.04 Å². The highest BCUT2D eigenvalue weighted by molar-refractivity contribution is 5.47. The second-order valence-corrected chi connectivity index (χ2v) is 4.08. The van der Waals surface area contributed by atoms with Crippen molar-refractivity contribution in [1.29, 1.82) is 0 Å². The summed E-state index contributed by atoms with van der Waals surface area (Å²) in [6, 6.07) is 8.90.